The van der Waals surface area contributed by atoms with Gasteiger partial charge in [0.05, 0.1) is 39.9 Å². The fourth-order valence-corrected chi connectivity index (χ4v) is 6.07. The molecule has 0 rings (SSSR count). The molecule has 0 aromatic carbocycles. The van der Waals surface area contributed by atoms with Crippen LogP contribution in [-0.4, -0.2) is 73.4 Å². The number of aliphatic hydroxyl groups is 1. The second-order valence-electron chi connectivity index (χ2n) is 14.0. The number of quaternary nitrogens is 1. The van der Waals surface area contributed by atoms with Crippen molar-refractivity contribution in [2.75, 3.05) is 40.9 Å². The maximum absolute atomic E-state index is 12.7. The molecule has 44 heavy (non-hydrogen) atoms. The van der Waals surface area contributed by atoms with Crippen LogP contribution in [0.25, 0.3) is 0 Å². The van der Waals surface area contributed by atoms with Crippen molar-refractivity contribution in [1.82, 2.24) is 5.32 Å². The first-order chi connectivity index (χ1) is 21.0. The van der Waals surface area contributed by atoms with Gasteiger partial charge in [-0.1, -0.05) is 149 Å². The van der Waals surface area contributed by atoms with E-state index in [1.165, 1.54) is 103 Å². The highest BCUT2D eigenvalue weighted by molar-refractivity contribution is 7.47. The van der Waals surface area contributed by atoms with Crippen molar-refractivity contribution >= 4 is 13.7 Å². The molecule has 0 aliphatic heterocycles. The van der Waals surface area contributed by atoms with Crippen LogP contribution >= 0.6 is 7.82 Å². The Morgan fingerprint density at radius 1 is 0.682 bits per heavy atom. The highest BCUT2D eigenvalue weighted by Crippen LogP contribution is 2.43. The molecule has 0 fully saturated rings. The summed E-state index contributed by atoms with van der Waals surface area (Å²) in [5, 5.41) is 13.8. The Bertz CT molecular complexity index is 703. The lowest BCUT2D eigenvalue weighted by Crippen LogP contribution is -2.46. The van der Waals surface area contributed by atoms with Crippen LogP contribution in [0, 0.1) is 0 Å². The summed E-state index contributed by atoms with van der Waals surface area (Å²) in [6.07, 6.45) is 27.0. The van der Waals surface area contributed by atoms with E-state index in [2.05, 4.69) is 19.2 Å². The smallest absolute Gasteiger partial charge is 0.391 e. The predicted molar refractivity (Wildman–Crippen MR) is 185 cm³/mol. The van der Waals surface area contributed by atoms with E-state index in [9.17, 15) is 19.4 Å². The van der Waals surface area contributed by atoms with Gasteiger partial charge >= 0.3 is 7.82 Å². The van der Waals surface area contributed by atoms with Crippen LogP contribution in [0.2, 0.25) is 0 Å². The lowest BCUT2D eigenvalue weighted by molar-refractivity contribution is -0.870. The SMILES string of the molecule is CCCCCCCCCCCCCCCCC(O)C(COP(=O)(O)OCC[N+](C)(C)C)NC(=O)CCCCCCCCCC. The largest absolute Gasteiger partial charge is 0.472 e. The third kappa shape index (κ3) is 30.2. The zero-order valence-electron chi connectivity index (χ0n) is 29.7. The van der Waals surface area contributed by atoms with Gasteiger partial charge in [-0.15, -0.1) is 0 Å². The maximum Gasteiger partial charge on any atom is 0.472 e. The molecule has 9 heteroatoms. The van der Waals surface area contributed by atoms with E-state index in [-0.39, 0.29) is 19.1 Å². The average molecular weight is 650 g/mol. The fourth-order valence-electron chi connectivity index (χ4n) is 5.34. The van der Waals surface area contributed by atoms with Gasteiger partial charge in [-0.25, -0.2) is 4.57 Å². The van der Waals surface area contributed by atoms with E-state index in [4.69, 9.17) is 9.05 Å². The Kier molecular flexibility index (Phi) is 28.4. The minimum absolute atomic E-state index is 0.0777. The molecule has 3 N–H and O–H groups in total. The Labute approximate surface area is 272 Å². The van der Waals surface area contributed by atoms with E-state index in [1.807, 2.05) is 21.1 Å². The van der Waals surface area contributed by atoms with Crippen LogP contribution < -0.4 is 5.32 Å². The molecule has 1 amide bonds. The van der Waals surface area contributed by atoms with Gasteiger partial charge in [-0.05, 0) is 12.8 Å². The van der Waals surface area contributed by atoms with Crippen LogP contribution in [-0.2, 0) is 18.4 Å². The Morgan fingerprint density at radius 3 is 1.52 bits per heavy atom. The number of amides is 1. The highest BCUT2D eigenvalue weighted by Gasteiger charge is 2.28. The third-order valence-electron chi connectivity index (χ3n) is 8.36. The number of rotatable bonds is 33. The summed E-state index contributed by atoms with van der Waals surface area (Å²) in [6, 6.07) is -0.749. The van der Waals surface area contributed by atoms with Gasteiger partial charge in [0.2, 0.25) is 5.91 Å². The fraction of sp³-hybridized carbons (Fsp3) is 0.971. The van der Waals surface area contributed by atoms with Crippen molar-refractivity contribution < 1.29 is 32.9 Å². The number of nitrogens with zero attached hydrogens (tertiary/aromatic N) is 1. The van der Waals surface area contributed by atoms with Crippen molar-refractivity contribution in [2.45, 2.75) is 180 Å². The molecule has 0 aromatic heterocycles. The second kappa shape index (κ2) is 28.7. The standard InChI is InChI=1S/C35H73N2O6P/c1-6-8-10-12-14-16-17-18-19-20-21-22-24-26-28-34(38)33(32-43-44(40,41)42-31-30-37(3,4)5)36-35(39)29-27-25-23-15-13-11-9-7-2/h33-34,38H,6-32H2,1-5H3,(H-,36,39,40,41)/p+1. The number of phosphoric acid groups is 1. The predicted octanol–water partition coefficient (Wildman–Crippen LogP) is 9.07. The van der Waals surface area contributed by atoms with Crippen molar-refractivity contribution in [3.05, 3.63) is 0 Å². The molecule has 0 saturated heterocycles. The number of likely N-dealkylation sites (N-methyl/N-ethyl adjacent to an activating group) is 1. The average Bonchev–Trinajstić information content (AvgIpc) is 2.95. The first kappa shape index (κ1) is 43.5. The zero-order valence-corrected chi connectivity index (χ0v) is 30.6. The van der Waals surface area contributed by atoms with Gasteiger partial charge in [-0.3, -0.25) is 13.8 Å². The molecule has 3 atom stereocenters. The lowest BCUT2D eigenvalue weighted by Gasteiger charge is -2.26. The van der Waals surface area contributed by atoms with E-state index in [0.717, 1.165) is 38.5 Å². The van der Waals surface area contributed by atoms with Crippen molar-refractivity contribution in [1.29, 1.82) is 0 Å². The first-order valence-electron chi connectivity index (χ1n) is 18.4. The molecule has 0 heterocycles. The molecule has 8 nitrogen and oxygen atoms in total. The monoisotopic (exact) mass is 650 g/mol. The first-order valence-corrected chi connectivity index (χ1v) is 19.9. The molecule has 3 unspecified atom stereocenters. The minimum Gasteiger partial charge on any atom is -0.391 e. The zero-order chi connectivity index (χ0) is 32.9. The number of carbonyl (C=O) groups excluding carboxylic acids is 1. The topological polar surface area (TPSA) is 105 Å². The molecule has 0 saturated carbocycles. The number of nitrogens with one attached hydrogen (secondary N) is 1. The number of carbonyl (C=O) groups is 1. The van der Waals surface area contributed by atoms with Gasteiger partial charge < -0.3 is 19.8 Å². The molecule has 0 aliphatic carbocycles. The van der Waals surface area contributed by atoms with Gasteiger partial charge in [0, 0.05) is 6.42 Å². The molecular formula is C35H74N2O6P+. The Morgan fingerprint density at radius 2 is 1.09 bits per heavy atom. The van der Waals surface area contributed by atoms with E-state index in [0.29, 0.717) is 23.9 Å². The molecular weight excluding hydrogens is 575 g/mol. The summed E-state index contributed by atoms with van der Waals surface area (Å²) in [5.41, 5.74) is 0. The Balaban J connectivity index is 4.44. The number of unbranched alkanes of at least 4 members (excludes halogenated alkanes) is 20. The van der Waals surface area contributed by atoms with Crippen LogP contribution in [0.1, 0.15) is 168 Å². The second-order valence-corrected chi connectivity index (χ2v) is 15.4. The lowest BCUT2D eigenvalue weighted by atomic mass is 10.0. The van der Waals surface area contributed by atoms with Gasteiger partial charge in [-0.2, -0.15) is 0 Å². The summed E-state index contributed by atoms with van der Waals surface area (Å²) in [5.74, 6) is -0.150. The van der Waals surface area contributed by atoms with E-state index < -0.39 is 20.0 Å². The molecule has 0 bridgehead atoms. The van der Waals surface area contributed by atoms with Crippen LogP contribution in [0.5, 0.6) is 0 Å². The third-order valence-corrected chi connectivity index (χ3v) is 9.34. The quantitative estimate of drug-likeness (QED) is 0.0372. The van der Waals surface area contributed by atoms with Crippen LogP contribution in [0.3, 0.4) is 0 Å². The molecule has 0 aliphatic rings. The number of phosphoric ester groups is 1. The highest BCUT2D eigenvalue weighted by atomic mass is 31.2. The number of aliphatic hydroxyl groups excluding tert-OH is 1. The Hall–Kier alpha value is -0.500. The van der Waals surface area contributed by atoms with Crippen molar-refractivity contribution in [3.8, 4) is 0 Å². The van der Waals surface area contributed by atoms with Gasteiger partial charge in [0.25, 0.3) is 0 Å². The van der Waals surface area contributed by atoms with Crippen molar-refractivity contribution in [3.63, 3.8) is 0 Å². The number of hydrogen-bond donors (Lipinski definition) is 3. The normalized spacial score (nSPS) is 14.8. The van der Waals surface area contributed by atoms with Gasteiger partial charge in [0.1, 0.15) is 13.2 Å². The van der Waals surface area contributed by atoms with Crippen LogP contribution in [0.4, 0.5) is 0 Å². The van der Waals surface area contributed by atoms with E-state index in [1.54, 1.807) is 0 Å². The summed E-state index contributed by atoms with van der Waals surface area (Å²) in [6.45, 7) is 4.84. The summed E-state index contributed by atoms with van der Waals surface area (Å²) in [4.78, 5) is 22.9. The van der Waals surface area contributed by atoms with E-state index >= 15 is 0 Å². The maximum atomic E-state index is 12.7. The molecule has 0 radical (unpaired) electrons. The van der Waals surface area contributed by atoms with Crippen molar-refractivity contribution in [2.24, 2.45) is 0 Å². The minimum atomic E-state index is -4.29. The molecule has 0 spiro atoms. The summed E-state index contributed by atoms with van der Waals surface area (Å²) < 4.78 is 23.4. The summed E-state index contributed by atoms with van der Waals surface area (Å²) >= 11 is 0. The molecule has 264 valence electrons. The number of hydrogen-bond acceptors (Lipinski definition) is 5. The summed E-state index contributed by atoms with van der Waals surface area (Å²) in [7, 11) is 1.62. The van der Waals surface area contributed by atoms with Crippen LogP contribution in [0.15, 0.2) is 0 Å². The van der Waals surface area contributed by atoms with Gasteiger partial charge in [0.15, 0.2) is 0 Å². The molecule has 0 aromatic rings.